The molecule has 8 heteroatoms. The van der Waals surface area contributed by atoms with Gasteiger partial charge in [-0.2, -0.15) is 0 Å². The largest absolute Gasteiger partial charge is 0.356 e. The third-order valence-corrected chi connectivity index (χ3v) is 6.99. The molecule has 1 atom stereocenters. The number of piperidine rings is 1. The lowest BCUT2D eigenvalue weighted by molar-refractivity contribution is -0.129. The molecule has 154 valence electrons. The number of nitrogens with one attached hydrogen (secondary N) is 1. The number of sulfonamides is 1. The molecule has 0 bridgehead atoms. The number of carbonyl (C=O) groups is 2. The number of likely N-dealkylation sites (tertiary alicyclic amines) is 1. The lowest BCUT2D eigenvalue weighted by Crippen LogP contribution is -2.42. The van der Waals surface area contributed by atoms with Gasteiger partial charge in [0.2, 0.25) is 21.8 Å². The molecule has 2 aliphatic rings. The van der Waals surface area contributed by atoms with E-state index in [1.165, 1.54) is 16.1 Å². The second kappa shape index (κ2) is 8.61. The molecule has 28 heavy (non-hydrogen) atoms. The van der Waals surface area contributed by atoms with Gasteiger partial charge in [0.05, 0.1) is 12.2 Å². The summed E-state index contributed by atoms with van der Waals surface area (Å²) in [6.45, 7) is 4.56. The Morgan fingerprint density at radius 3 is 2.43 bits per heavy atom. The van der Waals surface area contributed by atoms with Crippen molar-refractivity contribution in [1.82, 2.24) is 14.5 Å². The quantitative estimate of drug-likeness (QED) is 0.766. The molecule has 2 fully saturated rings. The van der Waals surface area contributed by atoms with Crippen LogP contribution in [0.4, 0.5) is 0 Å². The fraction of sp³-hybridized carbons (Fsp3) is 0.600. The summed E-state index contributed by atoms with van der Waals surface area (Å²) in [5.41, 5.74) is 2.24. The Morgan fingerprint density at radius 1 is 1.18 bits per heavy atom. The first-order valence-corrected chi connectivity index (χ1v) is 11.6. The summed E-state index contributed by atoms with van der Waals surface area (Å²) in [7, 11) is -3.13. The van der Waals surface area contributed by atoms with Gasteiger partial charge in [-0.3, -0.25) is 9.59 Å². The number of rotatable bonds is 6. The monoisotopic (exact) mass is 407 g/mol. The van der Waals surface area contributed by atoms with E-state index in [1.54, 1.807) is 4.90 Å². The van der Waals surface area contributed by atoms with Crippen LogP contribution in [0.2, 0.25) is 0 Å². The van der Waals surface area contributed by atoms with Crippen LogP contribution >= 0.6 is 0 Å². The van der Waals surface area contributed by atoms with Crippen LogP contribution in [0.5, 0.6) is 0 Å². The number of hydrogen-bond donors (Lipinski definition) is 1. The van der Waals surface area contributed by atoms with Crippen molar-refractivity contribution < 1.29 is 18.0 Å². The normalized spacial score (nSPS) is 21.9. The van der Waals surface area contributed by atoms with Gasteiger partial charge in [0.15, 0.2) is 0 Å². The van der Waals surface area contributed by atoms with Crippen LogP contribution in [0, 0.1) is 18.8 Å². The molecule has 0 radical (unpaired) electrons. The van der Waals surface area contributed by atoms with E-state index in [1.807, 2.05) is 31.2 Å². The van der Waals surface area contributed by atoms with Gasteiger partial charge in [0.1, 0.15) is 0 Å². The van der Waals surface area contributed by atoms with Crippen LogP contribution < -0.4 is 5.32 Å². The zero-order chi connectivity index (χ0) is 20.3. The lowest BCUT2D eigenvalue weighted by Gasteiger charge is -2.30. The highest BCUT2D eigenvalue weighted by Crippen LogP contribution is 2.22. The van der Waals surface area contributed by atoms with E-state index in [0.29, 0.717) is 32.7 Å². The second-order valence-corrected chi connectivity index (χ2v) is 9.99. The topological polar surface area (TPSA) is 86.8 Å². The first-order chi connectivity index (χ1) is 13.2. The van der Waals surface area contributed by atoms with Gasteiger partial charge in [-0.25, -0.2) is 12.7 Å². The highest BCUT2D eigenvalue weighted by Gasteiger charge is 2.34. The van der Waals surface area contributed by atoms with Crippen molar-refractivity contribution in [3.05, 3.63) is 35.4 Å². The summed E-state index contributed by atoms with van der Waals surface area (Å²) in [5.74, 6) is -0.0933. The lowest BCUT2D eigenvalue weighted by atomic mass is 9.97. The molecular formula is C20H29N3O4S. The minimum Gasteiger partial charge on any atom is -0.356 e. The maximum absolute atomic E-state index is 12.5. The van der Waals surface area contributed by atoms with Crippen LogP contribution in [0.1, 0.15) is 30.4 Å². The summed E-state index contributed by atoms with van der Waals surface area (Å²) in [4.78, 5) is 26.5. The second-order valence-electron chi connectivity index (χ2n) is 8.01. The van der Waals surface area contributed by atoms with Crippen LogP contribution in [0.3, 0.4) is 0 Å². The number of hydrogen-bond acceptors (Lipinski definition) is 4. The van der Waals surface area contributed by atoms with Crippen molar-refractivity contribution in [3.8, 4) is 0 Å². The van der Waals surface area contributed by atoms with Crippen molar-refractivity contribution >= 4 is 21.8 Å². The predicted molar refractivity (Wildman–Crippen MR) is 107 cm³/mol. The molecule has 0 saturated carbocycles. The number of aryl methyl sites for hydroxylation is 1. The molecule has 2 aliphatic heterocycles. The number of nitrogens with zero attached hydrogens (tertiary/aromatic N) is 2. The molecule has 1 aromatic carbocycles. The van der Waals surface area contributed by atoms with Gasteiger partial charge >= 0.3 is 0 Å². The minimum atomic E-state index is -3.13. The summed E-state index contributed by atoms with van der Waals surface area (Å²) in [5, 5.41) is 2.97. The SMILES string of the molecule is Cc1ccc(CN2CC(C(=O)NCC3CCN(S(C)(=O)=O)CC3)CC2=O)cc1. The Kier molecular flexibility index (Phi) is 6.40. The van der Waals surface area contributed by atoms with E-state index in [9.17, 15) is 18.0 Å². The molecule has 7 nitrogen and oxygen atoms in total. The fourth-order valence-corrected chi connectivity index (χ4v) is 4.72. The Labute approximate surface area is 167 Å². The Bertz CT molecular complexity index is 814. The Morgan fingerprint density at radius 2 is 1.82 bits per heavy atom. The van der Waals surface area contributed by atoms with Gasteiger partial charge < -0.3 is 10.2 Å². The standard InChI is InChI=1S/C20H29N3O4S/c1-15-3-5-17(6-4-15)13-22-14-18(11-19(22)24)20(25)21-12-16-7-9-23(10-8-16)28(2,26)27/h3-6,16,18H,7-14H2,1-2H3,(H,21,25). The van der Waals surface area contributed by atoms with E-state index in [4.69, 9.17) is 0 Å². The van der Waals surface area contributed by atoms with E-state index < -0.39 is 10.0 Å². The third kappa shape index (κ3) is 5.32. The maximum atomic E-state index is 12.5. The zero-order valence-corrected chi connectivity index (χ0v) is 17.4. The third-order valence-electron chi connectivity index (χ3n) is 5.69. The van der Waals surface area contributed by atoms with E-state index >= 15 is 0 Å². The summed E-state index contributed by atoms with van der Waals surface area (Å²) < 4.78 is 24.6. The summed E-state index contributed by atoms with van der Waals surface area (Å²) in [6, 6.07) is 8.07. The molecular weight excluding hydrogens is 378 g/mol. The van der Waals surface area contributed by atoms with Crippen molar-refractivity contribution in [1.29, 1.82) is 0 Å². The highest BCUT2D eigenvalue weighted by atomic mass is 32.2. The highest BCUT2D eigenvalue weighted by molar-refractivity contribution is 7.88. The van der Waals surface area contributed by atoms with Gasteiger partial charge in [0.25, 0.3) is 0 Å². The first-order valence-electron chi connectivity index (χ1n) is 9.78. The van der Waals surface area contributed by atoms with Gasteiger partial charge in [-0.15, -0.1) is 0 Å². The molecule has 1 N–H and O–H groups in total. The van der Waals surface area contributed by atoms with Crippen molar-refractivity contribution in [2.24, 2.45) is 11.8 Å². The summed E-state index contributed by atoms with van der Waals surface area (Å²) >= 11 is 0. The van der Waals surface area contributed by atoms with E-state index in [0.717, 1.165) is 18.4 Å². The first kappa shape index (κ1) is 20.8. The van der Waals surface area contributed by atoms with Gasteiger partial charge in [0, 0.05) is 39.1 Å². The van der Waals surface area contributed by atoms with Crippen LogP contribution in [0.15, 0.2) is 24.3 Å². The molecule has 0 aromatic heterocycles. The van der Waals surface area contributed by atoms with Crippen LogP contribution in [-0.4, -0.2) is 61.9 Å². The van der Waals surface area contributed by atoms with Crippen LogP contribution in [0.25, 0.3) is 0 Å². The number of amides is 2. The van der Waals surface area contributed by atoms with Crippen molar-refractivity contribution in [2.45, 2.75) is 32.7 Å². The molecule has 1 unspecified atom stereocenters. The van der Waals surface area contributed by atoms with Gasteiger partial charge in [-0.1, -0.05) is 29.8 Å². The fourth-order valence-electron chi connectivity index (χ4n) is 3.85. The van der Waals surface area contributed by atoms with E-state index in [-0.39, 0.29) is 30.1 Å². The van der Waals surface area contributed by atoms with Crippen LogP contribution in [-0.2, 0) is 26.2 Å². The van der Waals surface area contributed by atoms with E-state index in [2.05, 4.69) is 5.32 Å². The Balaban J connectivity index is 1.44. The molecule has 0 spiro atoms. The van der Waals surface area contributed by atoms with Crippen molar-refractivity contribution in [3.63, 3.8) is 0 Å². The molecule has 3 rings (SSSR count). The number of carbonyl (C=O) groups excluding carboxylic acids is 2. The molecule has 2 heterocycles. The van der Waals surface area contributed by atoms with Crippen molar-refractivity contribution in [2.75, 3.05) is 32.4 Å². The molecule has 2 saturated heterocycles. The molecule has 2 amide bonds. The maximum Gasteiger partial charge on any atom is 0.225 e. The minimum absolute atomic E-state index is 0.0159. The molecule has 0 aliphatic carbocycles. The average molecular weight is 408 g/mol. The summed E-state index contributed by atoms with van der Waals surface area (Å²) in [6.07, 6.45) is 2.98. The zero-order valence-electron chi connectivity index (χ0n) is 16.6. The molecule has 1 aromatic rings. The number of benzene rings is 1. The van der Waals surface area contributed by atoms with Gasteiger partial charge in [-0.05, 0) is 31.2 Å². The Hall–Kier alpha value is -1.93. The average Bonchev–Trinajstić information content (AvgIpc) is 3.02. The smallest absolute Gasteiger partial charge is 0.225 e. The predicted octanol–water partition coefficient (Wildman–Crippen LogP) is 1.13.